The molecular weight excluding hydrogens is 321 g/mol. The molecule has 7 heteroatoms. The van der Waals surface area contributed by atoms with Crippen LogP contribution in [0.4, 0.5) is 4.39 Å². The number of methoxy groups -OCH3 is 1. The van der Waals surface area contributed by atoms with E-state index < -0.39 is 11.8 Å². The number of esters is 1. The van der Waals surface area contributed by atoms with Crippen molar-refractivity contribution in [2.75, 3.05) is 20.3 Å². The topological polar surface area (TPSA) is 57.7 Å². The number of aryl methyl sites for hydroxylation is 1. The van der Waals surface area contributed by atoms with Crippen LogP contribution >= 0.6 is 11.3 Å². The predicted molar refractivity (Wildman–Crippen MR) is 83.4 cm³/mol. The van der Waals surface area contributed by atoms with E-state index in [-0.39, 0.29) is 17.2 Å². The molecule has 1 aromatic heterocycles. The van der Waals surface area contributed by atoms with Gasteiger partial charge in [0.15, 0.2) is 0 Å². The summed E-state index contributed by atoms with van der Waals surface area (Å²) in [5, 5.41) is 0.498. The van der Waals surface area contributed by atoms with Gasteiger partial charge in [-0.1, -0.05) is 0 Å². The van der Waals surface area contributed by atoms with Crippen LogP contribution in [0.3, 0.4) is 0 Å². The van der Waals surface area contributed by atoms with E-state index in [9.17, 15) is 9.18 Å². The second-order valence-corrected chi connectivity index (χ2v) is 6.44. The fourth-order valence-corrected chi connectivity index (χ4v) is 3.13. The summed E-state index contributed by atoms with van der Waals surface area (Å²) in [5.41, 5.74) is 0.0756. The number of ether oxygens (including phenoxy) is 3. The highest BCUT2D eigenvalue weighted by Gasteiger charge is 2.23. The van der Waals surface area contributed by atoms with Crippen LogP contribution in [0, 0.1) is 12.7 Å². The Morgan fingerprint density at radius 1 is 1.48 bits per heavy atom. The SMILES string of the molecule is COC(=O)c1cc(O[C@@H]2CCOC2)cc(-c2ncc(C)s2)c1F. The zero-order chi connectivity index (χ0) is 16.4. The number of hydrogen-bond acceptors (Lipinski definition) is 6. The molecule has 0 radical (unpaired) electrons. The number of hydrogen-bond donors (Lipinski definition) is 0. The average Bonchev–Trinajstić information content (AvgIpc) is 3.19. The molecule has 2 aromatic rings. The first-order valence-electron chi connectivity index (χ1n) is 7.17. The van der Waals surface area contributed by atoms with Gasteiger partial charge in [-0.15, -0.1) is 11.3 Å². The second-order valence-electron chi connectivity index (χ2n) is 5.20. The van der Waals surface area contributed by atoms with Gasteiger partial charge < -0.3 is 14.2 Å². The first kappa shape index (κ1) is 15.9. The molecule has 1 fully saturated rings. The molecule has 23 heavy (non-hydrogen) atoms. The maximum atomic E-state index is 14.7. The maximum Gasteiger partial charge on any atom is 0.341 e. The molecule has 1 atom stereocenters. The first-order valence-corrected chi connectivity index (χ1v) is 7.99. The van der Waals surface area contributed by atoms with E-state index in [4.69, 9.17) is 9.47 Å². The number of nitrogens with zero attached hydrogens (tertiary/aromatic N) is 1. The fraction of sp³-hybridized carbons (Fsp3) is 0.375. The molecule has 1 aliphatic rings. The normalized spacial score (nSPS) is 17.3. The lowest BCUT2D eigenvalue weighted by Crippen LogP contribution is -2.16. The molecule has 0 saturated carbocycles. The van der Waals surface area contributed by atoms with Crippen molar-refractivity contribution in [2.24, 2.45) is 0 Å². The van der Waals surface area contributed by atoms with Crippen molar-refractivity contribution >= 4 is 17.3 Å². The van der Waals surface area contributed by atoms with Crippen LogP contribution in [-0.4, -0.2) is 37.4 Å². The third kappa shape index (κ3) is 3.35. The molecule has 122 valence electrons. The molecule has 1 aliphatic heterocycles. The molecule has 0 unspecified atom stereocenters. The minimum absolute atomic E-state index is 0.100. The second kappa shape index (κ2) is 6.64. The van der Waals surface area contributed by atoms with Gasteiger partial charge in [-0.2, -0.15) is 0 Å². The van der Waals surface area contributed by atoms with Crippen molar-refractivity contribution < 1.29 is 23.4 Å². The summed E-state index contributed by atoms with van der Waals surface area (Å²) < 4.78 is 30.4. The minimum atomic E-state index is -0.745. The van der Waals surface area contributed by atoms with E-state index in [0.29, 0.717) is 24.0 Å². The highest BCUT2D eigenvalue weighted by atomic mass is 32.1. The number of halogens is 1. The number of carbonyl (C=O) groups excluding carboxylic acids is 1. The Bertz CT molecular complexity index is 725. The Hall–Kier alpha value is -1.99. The summed E-state index contributed by atoms with van der Waals surface area (Å²) >= 11 is 1.35. The lowest BCUT2D eigenvalue weighted by molar-refractivity contribution is 0.0594. The van der Waals surface area contributed by atoms with Crippen molar-refractivity contribution in [1.29, 1.82) is 0 Å². The zero-order valence-corrected chi connectivity index (χ0v) is 13.6. The highest BCUT2D eigenvalue weighted by molar-refractivity contribution is 7.14. The zero-order valence-electron chi connectivity index (χ0n) is 12.8. The van der Waals surface area contributed by atoms with E-state index in [1.165, 1.54) is 24.5 Å². The van der Waals surface area contributed by atoms with Crippen LogP contribution in [0.25, 0.3) is 10.6 Å². The predicted octanol–water partition coefficient (Wildman–Crippen LogP) is 3.21. The number of carbonyl (C=O) groups is 1. The summed E-state index contributed by atoms with van der Waals surface area (Å²) in [4.78, 5) is 17.0. The Morgan fingerprint density at radius 2 is 2.30 bits per heavy atom. The van der Waals surface area contributed by atoms with Crippen molar-refractivity contribution in [2.45, 2.75) is 19.4 Å². The molecule has 5 nitrogen and oxygen atoms in total. The third-order valence-corrected chi connectivity index (χ3v) is 4.44. The molecule has 0 N–H and O–H groups in total. The van der Waals surface area contributed by atoms with E-state index >= 15 is 0 Å². The average molecular weight is 337 g/mol. The molecule has 0 bridgehead atoms. The fourth-order valence-electron chi connectivity index (χ4n) is 2.36. The molecule has 0 amide bonds. The summed E-state index contributed by atoms with van der Waals surface area (Å²) in [6.07, 6.45) is 2.32. The smallest absolute Gasteiger partial charge is 0.341 e. The number of aromatic nitrogens is 1. The van der Waals surface area contributed by atoms with Gasteiger partial charge in [0, 0.05) is 17.5 Å². The standard InChI is InChI=1S/C16H16FNO4S/c1-9-7-18-15(23-9)12-5-11(22-10-3-4-21-8-10)6-13(14(12)17)16(19)20-2/h5-7,10H,3-4,8H2,1-2H3/t10-/m1/s1. The van der Waals surface area contributed by atoms with Gasteiger partial charge >= 0.3 is 5.97 Å². The van der Waals surface area contributed by atoms with Crippen LogP contribution in [-0.2, 0) is 9.47 Å². The van der Waals surface area contributed by atoms with Crippen molar-refractivity contribution in [1.82, 2.24) is 4.98 Å². The Morgan fingerprint density at radius 3 is 2.91 bits per heavy atom. The minimum Gasteiger partial charge on any atom is -0.488 e. The van der Waals surface area contributed by atoms with Crippen molar-refractivity contribution in [3.05, 3.63) is 34.6 Å². The van der Waals surface area contributed by atoms with Crippen LogP contribution in [0.2, 0.25) is 0 Å². The van der Waals surface area contributed by atoms with Gasteiger partial charge in [-0.05, 0) is 19.1 Å². The highest BCUT2D eigenvalue weighted by Crippen LogP contribution is 2.33. The molecule has 2 heterocycles. The monoisotopic (exact) mass is 337 g/mol. The van der Waals surface area contributed by atoms with Gasteiger partial charge in [-0.25, -0.2) is 14.2 Å². The maximum absolute atomic E-state index is 14.7. The lowest BCUT2D eigenvalue weighted by atomic mass is 10.1. The Kier molecular flexibility index (Phi) is 4.58. The van der Waals surface area contributed by atoms with E-state index in [2.05, 4.69) is 9.72 Å². The van der Waals surface area contributed by atoms with Gasteiger partial charge in [0.2, 0.25) is 0 Å². The molecule has 0 aliphatic carbocycles. The first-order chi connectivity index (χ1) is 11.1. The summed E-state index contributed by atoms with van der Waals surface area (Å²) in [5.74, 6) is -0.989. The number of benzene rings is 1. The van der Waals surface area contributed by atoms with Gasteiger partial charge in [0.25, 0.3) is 0 Å². The quantitative estimate of drug-likeness (QED) is 0.802. The number of rotatable bonds is 4. The van der Waals surface area contributed by atoms with Gasteiger partial charge in [0.1, 0.15) is 22.7 Å². The van der Waals surface area contributed by atoms with E-state index in [1.54, 1.807) is 12.3 Å². The summed E-state index contributed by atoms with van der Waals surface area (Å²) in [7, 11) is 1.22. The Balaban J connectivity index is 2.03. The van der Waals surface area contributed by atoms with Gasteiger partial charge in [-0.3, -0.25) is 0 Å². The molecule has 3 rings (SSSR count). The summed E-state index contributed by atoms with van der Waals surface area (Å²) in [6.45, 7) is 3.00. The van der Waals surface area contributed by atoms with Crippen LogP contribution in [0.15, 0.2) is 18.3 Å². The number of thiazole rings is 1. The Labute approximate surface area is 137 Å². The summed E-state index contributed by atoms with van der Waals surface area (Å²) in [6, 6.07) is 2.93. The van der Waals surface area contributed by atoms with Crippen LogP contribution in [0.5, 0.6) is 5.75 Å². The molecule has 0 spiro atoms. The molecular formula is C16H16FNO4S. The van der Waals surface area contributed by atoms with Crippen molar-refractivity contribution in [3.8, 4) is 16.3 Å². The van der Waals surface area contributed by atoms with Crippen LogP contribution < -0.4 is 4.74 Å². The molecule has 1 aromatic carbocycles. The van der Waals surface area contributed by atoms with Crippen LogP contribution in [0.1, 0.15) is 21.7 Å². The van der Waals surface area contributed by atoms with Gasteiger partial charge in [0.05, 0.1) is 31.5 Å². The lowest BCUT2D eigenvalue weighted by Gasteiger charge is -2.14. The van der Waals surface area contributed by atoms with Crippen molar-refractivity contribution in [3.63, 3.8) is 0 Å². The van der Waals surface area contributed by atoms with E-state index in [0.717, 1.165) is 11.3 Å². The largest absolute Gasteiger partial charge is 0.488 e. The van der Waals surface area contributed by atoms with E-state index in [1.807, 2.05) is 6.92 Å². The third-order valence-electron chi connectivity index (χ3n) is 3.49. The molecule has 1 saturated heterocycles.